The molecule has 0 aromatic heterocycles. The molecule has 1 unspecified atom stereocenters. The molecule has 0 amide bonds. The zero-order valence-corrected chi connectivity index (χ0v) is 14.8. The van der Waals surface area contributed by atoms with Crippen LogP contribution in [0.25, 0.3) is 0 Å². The van der Waals surface area contributed by atoms with Crippen molar-refractivity contribution in [2.75, 3.05) is 12.8 Å². The fourth-order valence-electron chi connectivity index (χ4n) is 2.65. The van der Waals surface area contributed by atoms with Gasteiger partial charge in [0.1, 0.15) is 5.75 Å². The minimum Gasteiger partial charge on any atom is -0.472 e. The van der Waals surface area contributed by atoms with Gasteiger partial charge >= 0.3 is 0 Å². The van der Waals surface area contributed by atoms with E-state index in [0.717, 1.165) is 5.56 Å². The number of rotatable bonds is 3. The minimum atomic E-state index is -1.17. The number of anilines is 1. The third kappa shape index (κ3) is 2.73. The second kappa shape index (κ2) is 6.20. The number of halogens is 1. The Morgan fingerprint density at radius 3 is 2.79 bits per heavy atom. The van der Waals surface area contributed by atoms with Crippen molar-refractivity contribution in [1.29, 1.82) is 0 Å². The summed E-state index contributed by atoms with van der Waals surface area (Å²) in [5.41, 5.74) is 8.69. The van der Waals surface area contributed by atoms with Gasteiger partial charge in [-0.1, -0.05) is 0 Å². The first-order valence-electron chi connectivity index (χ1n) is 7.29. The summed E-state index contributed by atoms with van der Waals surface area (Å²) >= 11 is 3.38. The number of nitrogens with zero attached hydrogens (tertiary/aromatic N) is 1. The van der Waals surface area contributed by atoms with E-state index in [-0.39, 0.29) is 5.78 Å². The van der Waals surface area contributed by atoms with Gasteiger partial charge in [-0.3, -0.25) is 14.6 Å². The molecule has 122 valence electrons. The van der Waals surface area contributed by atoms with E-state index < -0.39 is 11.9 Å². The number of carbonyl (C=O) groups is 2. The maximum Gasteiger partial charge on any atom is 0.224 e. The second-order valence-electron chi connectivity index (χ2n) is 5.58. The fraction of sp³-hybridized carbons (Fsp3) is 0.167. The van der Waals surface area contributed by atoms with E-state index in [9.17, 15) is 9.59 Å². The molecule has 2 aromatic carbocycles. The average Bonchev–Trinajstić information content (AvgIpc) is 2.87. The van der Waals surface area contributed by atoms with Crippen LogP contribution >= 0.6 is 15.9 Å². The smallest absolute Gasteiger partial charge is 0.224 e. The molecule has 0 saturated heterocycles. The highest BCUT2D eigenvalue weighted by molar-refractivity contribution is 9.10. The second-order valence-corrected chi connectivity index (χ2v) is 6.44. The Bertz CT molecular complexity index is 890. The summed E-state index contributed by atoms with van der Waals surface area (Å²) in [4.78, 5) is 29.2. The van der Waals surface area contributed by atoms with Crippen LogP contribution in [0, 0.1) is 6.92 Å². The molecular weight excluding hydrogens is 372 g/mol. The monoisotopic (exact) mass is 386 g/mol. The minimum absolute atomic E-state index is 0.332. The summed E-state index contributed by atoms with van der Waals surface area (Å²) in [6.07, 6.45) is 0.395. The van der Waals surface area contributed by atoms with Crippen LogP contribution in [0.4, 0.5) is 5.69 Å². The van der Waals surface area contributed by atoms with E-state index in [1.807, 2.05) is 13.0 Å². The number of hydrogen-bond donors (Lipinski definition) is 1. The molecule has 0 aliphatic carbocycles. The molecule has 1 atom stereocenters. The summed E-state index contributed by atoms with van der Waals surface area (Å²) in [5, 5.41) is 0. The Morgan fingerprint density at radius 2 is 2.08 bits per heavy atom. The normalized spacial score (nSPS) is 16.3. The van der Waals surface area contributed by atoms with Gasteiger partial charge in [-0.05, 0) is 58.7 Å². The van der Waals surface area contributed by atoms with E-state index >= 15 is 0 Å². The zero-order valence-electron chi connectivity index (χ0n) is 13.2. The average molecular weight is 387 g/mol. The lowest BCUT2D eigenvalue weighted by Gasteiger charge is -2.10. The number of benzene rings is 2. The SMILES string of the molecule is CN=Cc1cc(C(=O)C2Oc3c(Br)cc(C)cc3C2=O)ccc1N. The van der Waals surface area contributed by atoms with E-state index in [4.69, 9.17) is 10.5 Å². The van der Waals surface area contributed by atoms with Gasteiger partial charge in [0, 0.05) is 30.1 Å². The first-order chi connectivity index (χ1) is 11.4. The van der Waals surface area contributed by atoms with Crippen molar-refractivity contribution >= 4 is 39.4 Å². The van der Waals surface area contributed by atoms with Gasteiger partial charge in [-0.25, -0.2) is 0 Å². The Morgan fingerprint density at radius 1 is 1.33 bits per heavy atom. The van der Waals surface area contributed by atoms with Crippen molar-refractivity contribution in [1.82, 2.24) is 0 Å². The largest absolute Gasteiger partial charge is 0.472 e. The topological polar surface area (TPSA) is 81.8 Å². The Hall–Kier alpha value is -2.47. The third-order valence-electron chi connectivity index (χ3n) is 3.80. The summed E-state index contributed by atoms with van der Waals surface area (Å²) in [7, 11) is 1.62. The van der Waals surface area contributed by atoms with Crippen LogP contribution in [0.3, 0.4) is 0 Å². The Balaban J connectivity index is 1.97. The highest BCUT2D eigenvalue weighted by Crippen LogP contribution is 2.38. The summed E-state index contributed by atoms with van der Waals surface area (Å²) in [6.45, 7) is 1.88. The Kier molecular flexibility index (Phi) is 4.24. The van der Waals surface area contributed by atoms with Crippen molar-refractivity contribution in [2.24, 2.45) is 4.99 Å². The van der Waals surface area contributed by atoms with Crippen molar-refractivity contribution < 1.29 is 14.3 Å². The molecule has 1 aliphatic heterocycles. The van der Waals surface area contributed by atoms with E-state index in [0.29, 0.717) is 32.6 Å². The molecule has 0 fully saturated rings. The number of fused-ring (bicyclic) bond motifs is 1. The lowest BCUT2D eigenvalue weighted by molar-refractivity contribution is 0.0719. The highest BCUT2D eigenvalue weighted by Gasteiger charge is 2.39. The highest BCUT2D eigenvalue weighted by atomic mass is 79.9. The third-order valence-corrected chi connectivity index (χ3v) is 4.39. The summed E-state index contributed by atoms with van der Waals surface area (Å²) in [6, 6.07) is 8.40. The lowest BCUT2D eigenvalue weighted by atomic mass is 9.98. The number of ketones is 2. The first-order valence-corrected chi connectivity index (χ1v) is 8.08. The van der Waals surface area contributed by atoms with Crippen LogP contribution in [0.15, 0.2) is 39.8 Å². The first kappa shape index (κ1) is 16.4. The zero-order chi connectivity index (χ0) is 17.4. The number of Topliss-reactive ketones (excluding diaryl/α,β-unsaturated/α-hetero) is 2. The molecule has 1 heterocycles. The van der Waals surface area contributed by atoms with Crippen molar-refractivity contribution in [3.63, 3.8) is 0 Å². The fourth-order valence-corrected chi connectivity index (χ4v) is 3.32. The van der Waals surface area contributed by atoms with Crippen LogP contribution in [0.1, 0.15) is 31.8 Å². The van der Waals surface area contributed by atoms with Crippen LogP contribution < -0.4 is 10.5 Å². The molecule has 3 rings (SSSR count). The van der Waals surface area contributed by atoms with Gasteiger partial charge in [-0.2, -0.15) is 0 Å². The van der Waals surface area contributed by atoms with Crippen LogP contribution in [-0.2, 0) is 0 Å². The van der Waals surface area contributed by atoms with Gasteiger partial charge in [0.15, 0.2) is 0 Å². The molecule has 5 nitrogen and oxygen atoms in total. The van der Waals surface area contributed by atoms with Gasteiger partial charge in [0.25, 0.3) is 0 Å². The summed E-state index contributed by atoms with van der Waals surface area (Å²) < 4.78 is 6.30. The van der Waals surface area contributed by atoms with Crippen LogP contribution in [0.5, 0.6) is 5.75 Å². The molecule has 2 N–H and O–H groups in total. The molecule has 2 aromatic rings. The van der Waals surface area contributed by atoms with Gasteiger partial charge in [-0.15, -0.1) is 0 Å². The van der Waals surface area contributed by atoms with E-state index in [1.54, 1.807) is 37.5 Å². The molecule has 6 heteroatoms. The maximum absolute atomic E-state index is 12.7. The van der Waals surface area contributed by atoms with Gasteiger partial charge in [0.2, 0.25) is 17.7 Å². The predicted octanol–water partition coefficient (Wildman–Crippen LogP) is 3.22. The van der Waals surface area contributed by atoms with E-state index in [1.165, 1.54) is 0 Å². The lowest BCUT2D eigenvalue weighted by Crippen LogP contribution is -2.31. The molecule has 24 heavy (non-hydrogen) atoms. The van der Waals surface area contributed by atoms with Gasteiger partial charge in [0.05, 0.1) is 10.0 Å². The number of nitrogen functional groups attached to an aromatic ring is 1. The molecular formula is C18H15BrN2O3. The molecule has 0 spiro atoms. The molecule has 0 saturated carbocycles. The summed E-state index contributed by atoms with van der Waals surface area (Å²) in [5.74, 6) is -0.317. The Labute approximate surface area is 147 Å². The number of hydrogen-bond acceptors (Lipinski definition) is 5. The number of carbonyl (C=O) groups excluding carboxylic acids is 2. The number of ether oxygens (including phenoxy) is 1. The predicted molar refractivity (Wildman–Crippen MR) is 96.3 cm³/mol. The van der Waals surface area contributed by atoms with Crippen molar-refractivity contribution in [3.05, 3.63) is 57.1 Å². The number of nitrogens with two attached hydrogens (primary N) is 1. The number of aliphatic imine (C=N–C) groups is 1. The maximum atomic E-state index is 12.7. The van der Waals surface area contributed by atoms with Crippen molar-refractivity contribution in [3.8, 4) is 5.75 Å². The molecule has 0 radical (unpaired) electrons. The van der Waals surface area contributed by atoms with Crippen molar-refractivity contribution in [2.45, 2.75) is 13.0 Å². The number of aryl methyl sites for hydroxylation is 1. The van der Waals surface area contributed by atoms with E-state index in [2.05, 4.69) is 20.9 Å². The van der Waals surface area contributed by atoms with Gasteiger partial charge < -0.3 is 10.5 Å². The standard InChI is InChI=1S/C18H15BrN2O3/c1-9-5-12-16(23)18(24-17(12)13(19)6-9)15(22)10-3-4-14(20)11(7-10)8-21-2/h3-8,18H,20H2,1-2H3. The molecule has 1 aliphatic rings. The quantitative estimate of drug-likeness (QED) is 0.380. The molecule has 0 bridgehead atoms. The van der Waals surface area contributed by atoms with Crippen LogP contribution in [-0.4, -0.2) is 30.9 Å². The van der Waals surface area contributed by atoms with Crippen LogP contribution in [0.2, 0.25) is 0 Å².